The summed E-state index contributed by atoms with van der Waals surface area (Å²) in [6.07, 6.45) is 11.1. The highest BCUT2D eigenvalue weighted by atomic mass is 32.2. The standard InChI is InChI=1S/C19H23N3O3S2/c1-2-9-22(14-8-10-27(24,25)13-14)12-18(23)21-19-16(11-20)15-6-4-3-5-7-17(15)26-19/h1,14H,3-10,12-13H2,(H,21,23). The normalized spacial score (nSPS) is 21.1. The van der Waals surface area contributed by atoms with E-state index >= 15 is 0 Å². The Labute approximate surface area is 164 Å². The molecule has 1 N–H and O–H groups in total. The summed E-state index contributed by atoms with van der Waals surface area (Å²) in [5.41, 5.74) is 1.66. The Morgan fingerprint density at radius 1 is 1.33 bits per heavy atom. The molecule has 6 nitrogen and oxygen atoms in total. The monoisotopic (exact) mass is 405 g/mol. The lowest BCUT2D eigenvalue weighted by molar-refractivity contribution is -0.117. The molecule has 1 aromatic rings. The molecule has 1 aromatic heterocycles. The molecule has 1 saturated heterocycles. The van der Waals surface area contributed by atoms with Crippen LogP contribution in [0.1, 0.15) is 41.7 Å². The lowest BCUT2D eigenvalue weighted by atomic mass is 10.1. The van der Waals surface area contributed by atoms with Crippen LogP contribution in [0.25, 0.3) is 0 Å². The van der Waals surface area contributed by atoms with Crippen LogP contribution in [0.4, 0.5) is 5.00 Å². The Hall–Kier alpha value is -1.87. The Bertz CT molecular complexity index is 906. The highest BCUT2D eigenvalue weighted by Gasteiger charge is 2.33. The fourth-order valence-electron chi connectivity index (χ4n) is 3.79. The van der Waals surface area contributed by atoms with Gasteiger partial charge in [-0.05, 0) is 37.7 Å². The van der Waals surface area contributed by atoms with Crippen molar-refractivity contribution < 1.29 is 13.2 Å². The zero-order chi connectivity index (χ0) is 19.4. The van der Waals surface area contributed by atoms with Crippen LogP contribution in [0.3, 0.4) is 0 Å². The van der Waals surface area contributed by atoms with Crippen LogP contribution in [0.5, 0.6) is 0 Å². The van der Waals surface area contributed by atoms with Gasteiger partial charge in [0.25, 0.3) is 0 Å². The summed E-state index contributed by atoms with van der Waals surface area (Å²) in [5, 5.41) is 13.0. The lowest BCUT2D eigenvalue weighted by Crippen LogP contribution is -2.41. The molecule has 27 heavy (non-hydrogen) atoms. The van der Waals surface area contributed by atoms with Crippen LogP contribution in [-0.4, -0.2) is 49.9 Å². The average Bonchev–Trinajstić information content (AvgIpc) is 3.04. The smallest absolute Gasteiger partial charge is 0.239 e. The quantitative estimate of drug-likeness (QED) is 0.597. The first-order chi connectivity index (χ1) is 12.9. The number of nitrogens with zero attached hydrogens (tertiary/aromatic N) is 2. The van der Waals surface area contributed by atoms with Crippen LogP contribution in [0.2, 0.25) is 0 Å². The number of hydrogen-bond donors (Lipinski definition) is 1. The first-order valence-corrected chi connectivity index (χ1v) is 11.8. The Morgan fingerprint density at radius 3 is 2.78 bits per heavy atom. The fourth-order valence-corrected chi connectivity index (χ4v) is 6.81. The SMILES string of the molecule is C#CCN(CC(=O)Nc1sc2c(c1C#N)CCCCC2)C1CCS(=O)(=O)C1. The Balaban J connectivity index is 1.71. The van der Waals surface area contributed by atoms with E-state index in [0.29, 0.717) is 17.0 Å². The molecule has 1 aliphatic heterocycles. The number of terminal acetylenes is 1. The number of fused-ring (bicyclic) bond motifs is 1. The van der Waals surface area contributed by atoms with E-state index in [9.17, 15) is 18.5 Å². The van der Waals surface area contributed by atoms with E-state index in [1.807, 2.05) is 0 Å². The summed E-state index contributed by atoms with van der Waals surface area (Å²) in [6, 6.07) is 2.02. The van der Waals surface area contributed by atoms with Crippen molar-refractivity contribution in [2.75, 3.05) is 29.9 Å². The van der Waals surface area contributed by atoms with E-state index in [0.717, 1.165) is 31.2 Å². The van der Waals surface area contributed by atoms with Crippen LogP contribution in [-0.2, 0) is 27.5 Å². The maximum Gasteiger partial charge on any atom is 0.239 e. The van der Waals surface area contributed by atoms with Crippen molar-refractivity contribution >= 4 is 32.1 Å². The Morgan fingerprint density at radius 2 is 2.11 bits per heavy atom. The van der Waals surface area contributed by atoms with E-state index in [4.69, 9.17) is 6.42 Å². The van der Waals surface area contributed by atoms with Gasteiger partial charge >= 0.3 is 0 Å². The number of nitriles is 1. The third-order valence-electron chi connectivity index (χ3n) is 5.15. The maximum atomic E-state index is 12.6. The third kappa shape index (κ3) is 4.70. The summed E-state index contributed by atoms with van der Waals surface area (Å²) < 4.78 is 23.5. The molecular formula is C19H23N3O3S2. The second-order valence-corrected chi connectivity index (χ2v) is 10.4. The predicted octanol–water partition coefficient (Wildman–Crippen LogP) is 1.95. The Kier molecular flexibility index (Phi) is 6.21. The molecular weight excluding hydrogens is 382 g/mol. The number of rotatable bonds is 5. The van der Waals surface area contributed by atoms with Gasteiger partial charge in [0, 0.05) is 10.9 Å². The van der Waals surface area contributed by atoms with E-state index in [-0.39, 0.29) is 36.5 Å². The minimum absolute atomic E-state index is 0.0256. The molecule has 0 radical (unpaired) electrons. The zero-order valence-electron chi connectivity index (χ0n) is 15.2. The van der Waals surface area contributed by atoms with Crippen LogP contribution >= 0.6 is 11.3 Å². The third-order valence-corrected chi connectivity index (χ3v) is 8.11. The van der Waals surface area contributed by atoms with E-state index in [2.05, 4.69) is 17.3 Å². The highest BCUT2D eigenvalue weighted by Crippen LogP contribution is 2.37. The summed E-state index contributed by atoms with van der Waals surface area (Å²) in [7, 11) is -3.05. The van der Waals surface area contributed by atoms with Crippen LogP contribution in [0, 0.1) is 23.7 Å². The molecule has 2 aliphatic rings. The van der Waals surface area contributed by atoms with E-state index in [1.54, 1.807) is 4.90 Å². The van der Waals surface area contributed by atoms with Crippen molar-refractivity contribution in [2.24, 2.45) is 0 Å². The number of anilines is 1. The first-order valence-electron chi connectivity index (χ1n) is 9.16. The molecule has 0 saturated carbocycles. The second kappa shape index (κ2) is 8.43. The summed E-state index contributed by atoms with van der Waals surface area (Å²) in [6.45, 7) is 0.247. The topological polar surface area (TPSA) is 90.3 Å². The molecule has 144 valence electrons. The van der Waals surface area contributed by atoms with Gasteiger partial charge in [-0.3, -0.25) is 9.69 Å². The molecule has 1 atom stereocenters. The van der Waals surface area contributed by atoms with Crippen LogP contribution < -0.4 is 5.32 Å². The van der Waals surface area contributed by atoms with Crippen molar-refractivity contribution in [3.8, 4) is 18.4 Å². The molecule has 8 heteroatoms. The summed E-state index contributed by atoms with van der Waals surface area (Å²) in [4.78, 5) is 15.5. The second-order valence-electron chi connectivity index (χ2n) is 7.09. The lowest BCUT2D eigenvalue weighted by Gasteiger charge is -2.25. The molecule has 1 aliphatic carbocycles. The fraction of sp³-hybridized carbons (Fsp3) is 0.579. The summed E-state index contributed by atoms with van der Waals surface area (Å²) >= 11 is 1.49. The van der Waals surface area contributed by atoms with Crippen LogP contribution in [0.15, 0.2) is 0 Å². The minimum atomic E-state index is -3.05. The zero-order valence-corrected chi connectivity index (χ0v) is 16.8. The molecule has 0 bridgehead atoms. The predicted molar refractivity (Wildman–Crippen MR) is 106 cm³/mol. The molecule has 3 rings (SSSR count). The van der Waals surface area contributed by atoms with Crippen molar-refractivity contribution in [3.05, 3.63) is 16.0 Å². The number of hydrogen-bond acceptors (Lipinski definition) is 6. The van der Waals surface area contributed by atoms with E-state index in [1.165, 1.54) is 22.6 Å². The van der Waals surface area contributed by atoms with Gasteiger partial charge in [-0.25, -0.2) is 8.42 Å². The molecule has 1 fully saturated rings. The first kappa shape index (κ1) is 19.9. The van der Waals surface area contributed by atoms with Gasteiger partial charge in [-0.15, -0.1) is 17.8 Å². The average molecular weight is 406 g/mol. The molecule has 0 spiro atoms. The number of carbonyl (C=O) groups excluding carboxylic acids is 1. The van der Waals surface area contributed by atoms with Gasteiger partial charge in [-0.1, -0.05) is 12.3 Å². The number of aryl methyl sites for hydroxylation is 1. The van der Waals surface area contributed by atoms with Gasteiger partial charge in [0.05, 0.1) is 30.2 Å². The van der Waals surface area contributed by atoms with Gasteiger partial charge in [0.15, 0.2) is 9.84 Å². The molecule has 1 amide bonds. The molecule has 0 aromatic carbocycles. The number of thiophene rings is 1. The highest BCUT2D eigenvalue weighted by molar-refractivity contribution is 7.91. The van der Waals surface area contributed by atoms with Crippen molar-refractivity contribution in [2.45, 2.75) is 44.6 Å². The van der Waals surface area contributed by atoms with Gasteiger partial charge in [0.1, 0.15) is 11.1 Å². The number of nitrogens with one attached hydrogen (secondary N) is 1. The van der Waals surface area contributed by atoms with Gasteiger partial charge in [-0.2, -0.15) is 5.26 Å². The van der Waals surface area contributed by atoms with Crippen molar-refractivity contribution in [1.82, 2.24) is 4.90 Å². The van der Waals surface area contributed by atoms with Crippen molar-refractivity contribution in [1.29, 1.82) is 5.26 Å². The largest absolute Gasteiger partial charge is 0.315 e. The minimum Gasteiger partial charge on any atom is -0.315 e. The summed E-state index contributed by atoms with van der Waals surface area (Å²) in [5.74, 6) is 2.43. The number of sulfone groups is 1. The van der Waals surface area contributed by atoms with E-state index < -0.39 is 9.84 Å². The van der Waals surface area contributed by atoms with Gasteiger partial charge < -0.3 is 5.32 Å². The maximum absolute atomic E-state index is 12.6. The molecule has 1 unspecified atom stereocenters. The van der Waals surface area contributed by atoms with Crippen molar-refractivity contribution in [3.63, 3.8) is 0 Å². The number of amides is 1. The molecule has 2 heterocycles. The van der Waals surface area contributed by atoms with Gasteiger partial charge in [0.2, 0.25) is 5.91 Å². The number of carbonyl (C=O) groups is 1.